The van der Waals surface area contributed by atoms with Crippen molar-refractivity contribution in [1.82, 2.24) is 10.3 Å². The van der Waals surface area contributed by atoms with Crippen molar-refractivity contribution in [2.75, 3.05) is 13.2 Å². The Labute approximate surface area is 95.6 Å². The number of thiazole rings is 1. The number of nitrogens with zero attached hydrogens (tertiary/aromatic N) is 1. The summed E-state index contributed by atoms with van der Waals surface area (Å²) in [6, 6.07) is 0. The van der Waals surface area contributed by atoms with Crippen LogP contribution in [0.25, 0.3) is 0 Å². The van der Waals surface area contributed by atoms with Crippen LogP contribution in [0, 0.1) is 0 Å². The number of rotatable bonds is 8. The van der Waals surface area contributed by atoms with Crippen molar-refractivity contribution in [2.45, 2.75) is 39.2 Å². The molecule has 3 nitrogen and oxygen atoms in total. The Morgan fingerprint density at radius 2 is 2.27 bits per heavy atom. The maximum Gasteiger partial charge on any atom is 0.0926 e. The van der Waals surface area contributed by atoms with Crippen LogP contribution < -0.4 is 5.32 Å². The zero-order valence-electron chi connectivity index (χ0n) is 9.33. The van der Waals surface area contributed by atoms with E-state index < -0.39 is 0 Å². The van der Waals surface area contributed by atoms with E-state index in [4.69, 9.17) is 5.11 Å². The fourth-order valence-electron chi connectivity index (χ4n) is 1.35. The summed E-state index contributed by atoms with van der Waals surface area (Å²) in [6.07, 6.45) is 4.17. The van der Waals surface area contributed by atoms with Crippen molar-refractivity contribution < 1.29 is 5.11 Å². The molecule has 0 amide bonds. The third kappa shape index (κ3) is 5.25. The van der Waals surface area contributed by atoms with Gasteiger partial charge in [-0.1, -0.05) is 6.92 Å². The van der Waals surface area contributed by atoms with Crippen LogP contribution in [0.3, 0.4) is 0 Å². The molecule has 0 atom stereocenters. The first-order valence-electron chi connectivity index (χ1n) is 5.61. The van der Waals surface area contributed by atoms with Crippen LogP contribution in [-0.2, 0) is 13.0 Å². The molecule has 0 unspecified atom stereocenters. The highest BCUT2D eigenvalue weighted by Gasteiger charge is 1.98. The van der Waals surface area contributed by atoms with Crippen LogP contribution in [0.5, 0.6) is 0 Å². The molecule has 0 bridgehead atoms. The highest BCUT2D eigenvalue weighted by Crippen LogP contribution is 2.09. The number of hydrogen-bond donors (Lipinski definition) is 2. The minimum absolute atomic E-state index is 0.311. The fourth-order valence-corrected chi connectivity index (χ4v) is 2.09. The lowest BCUT2D eigenvalue weighted by Gasteiger charge is -2.01. The van der Waals surface area contributed by atoms with Crippen LogP contribution in [0.15, 0.2) is 5.38 Å². The topological polar surface area (TPSA) is 45.2 Å². The third-order valence-corrected chi connectivity index (χ3v) is 3.26. The second-order valence-electron chi connectivity index (χ2n) is 3.55. The van der Waals surface area contributed by atoms with E-state index in [-0.39, 0.29) is 0 Å². The maximum atomic E-state index is 8.60. The highest BCUT2D eigenvalue weighted by molar-refractivity contribution is 7.09. The van der Waals surface area contributed by atoms with Gasteiger partial charge in [0.1, 0.15) is 0 Å². The van der Waals surface area contributed by atoms with Gasteiger partial charge in [-0.15, -0.1) is 11.3 Å². The van der Waals surface area contributed by atoms with E-state index in [9.17, 15) is 0 Å². The molecule has 15 heavy (non-hydrogen) atoms. The quantitative estimate of drug-likeness (QED) is 0.669. The summed E-state index contributed by atoms with van der Waals surface area (Å²) in [4.78, 5) is 4.48. The molecule has 4 heteroatoms. The van der Waals surface area contributed by atoms with Crippen LogP contribution in [0.4, 0.5) is 0 Å². The number of aliphatic hydroxyl groups excluding tert-OH is 1. The lowest BCUT2D eigenvalue weighted by atomic mass is 10.2. The van der Waals surface area contributed by atoms with Gasteiger partial charge in [0.25, 0.3) is 0 Å². The van der Waals surface area contributed by atoms with Crippen LogP contribution in [0.2, 0.25) is 0 Å². The molecule has 1 aromatic heterocycles. The Balaban J connectivity index is 2.04. The molecule has 0 aliphatic heterocycles. The Bertz CT molecular complexity index is 263. The van der Waals surface area contributed by atoms with Crippen LogP contribution in [-0.4, -0.2) is 23.2 Å². The largest absolute Gasteiger partial charge is 0.396 e. The van der Waals surface area contributed by atoms with Crippen molar-refractivity contribution in [1.29, 1.82) is 0 Å². The lowest BCUT2D eigenvalue weighted by molar-refractivity contribution is 0.283. The monoisotopic (exact) mass is 228 g/mol. The number of aliphatic hydroxyl groups is 1. The van der Waals surface area contributed by atoms with Crippen molar-refractivity contribution in [3.05, 3.63) is 16.1 Å². The summed E-state index contributed by atoms with van der Waals surface area (Å²) >= 11 is 1.74. The molecule has 0 saturated carbocycles. The van der Waals surface area contributed by atoms with Gasteiger partial charge in [-0.25, -0.2) is 4.98 Å². The second-order valence-corrected chi connectivity index (χ2v) is 4.49. The summed E-state index contributed by atoms with van der Waals surface area (Å²) < 4.78 is 0. The van der Waals surface area contributed by atoms with Crippen molar-refractivity contribution in [3.8, 4) is 0 Å². The molecule has 0 saturated heterocycles. The minimum atomic E-state index is 0.311. The fraction of sp³-hybridized carbons (Fsp3) is 0.727. The molecule has 0 radical (unpaired) electrons. The highest BCUT2D eigenvalue weighted by atomic mass is 32.1. The molecule has 1 aromatic rings. The Morgan fingerprint density at radius 1 is 1.40 bits per heavy atom. The molecule has 0 aromatic carbocycles. The van der Waals surface area contributed by atoms with Gasteiger partial charge < -0.3 is 10.4 Å². The normalized spacial score (nSPS) is 10.8. The van der Waals surface area contributed by atoms with Crippen molar-refractivity contribution in [3.63, 3.8) is 0 Å². The number of hydrogen-bond acceptors (Lipinski definition) is 4. The Hall–Kier alpha value is -0.450. The Morgan fingerprint density at radius 3 is 2.93 bits per heavy atom. The first kappa shape index (κ1) is 12.6. The Kier molecular flexibility index (Phi) is 6.55. The number of aromatic nitrogens is 1. The van der Waals surface area contributed by atoms with E-state index in [1.807, 2.05) is 0 Å². The molecule has 1 rings (SSSR count). The number of unbranched alkanes of at least 4 members (excludes halogenated alkanes) is 2. The van der Waals surface area contributed by atoms with E-state index in [1.54, 1.807) is 11.3 Å². The summed E-state index contributed by atoms with van der Waals surface area (Å²) in [5.41, 5.74) is 1.15. The lowest BCUT2D eigenvalue weighted by Crippen LogP contribution is -2.15. The minimum Gasteiger partial charge on any atom is -0.396 e. The smallest absolute Gasteiger partial charge is 0.0926 e. The summed E-state index contributed by atoms with van der Waals surface area (Å²) in [7, 11) is 0. The molecule has 0 spiro atoms. The van der Waals surface area contributed by atoms with Gasteiger partial charge in [0.05, 0.1) is 10.7 Å². The van der Waals surface area contributed by atoms with Crippen molar-refractivity contribution in [2.24, 2.45) is 0 Å². The molecule has 0 fully saturated rings. The number of nitrogens with one attached hydrogen (secondary N) is 1. The average Bonchev–Trinajstić information content (AvgIpc) is 2.71. The molecular weight excluding hydrogens is 208 g/mol. The van der Waals surface area contributed by atoms with E-state index in [0.717, 1.165) is 44.5 Å². The van der Waals surface area contributed by atoms with Gasteiger partial charge in [0.2, 0.25) is 0 Å². The summed E-state index contributed by atoms with van der Waals surface area (Å²) in [6.45, 7) is 4.32. The summed E-state index contributed by atoms with van der Waals surface area (Å²) in [5, 5.41) is 15.3. The molecule has 0 aliphatic carbocycles. The van der Waals surface area contributed by atoms with Gasteiger partial charge >= 0.3 is 0 Å². The second kappa shape index (κ2) is 7.79. The molecule has 0 aliphatic rings. The molecular formula is C11H20N2OS. The first-order chi connectivity index (χ1) is 7.36. The van der Waals surface area contributed by atoms with Gasteiger partial charge in [0.15, 0.2) is 0 Å². The third-order valence-electron chi connectivity index (χ3n) is 2.22. The SMILES string of the molecule is CCc1nc(CNCCCCCO)cs1. The van der Waals surface area contributed by atoms with Crippen molar-refractivity contribution >= 4 is 11.3 Å². The van der Waals surface area contributed by atoms with Gasteiger partial charge in [-0.05, 0) is 32.2 Å². The van der Waals surface area contributed by atoms with Crippen LogP contribution in [0.1, 0.15) is 36.9 Å². The molecule has 86 valence electrons. The zero-order chi connectivity index (χ0) is 10.9. The maximum absolute atomic E-state index is 8.60. The van der Waals surface area contributed by atoms with Crippen LogP contribution >= 0.6 is 11.3 Å². The van der Waals surface area contributed by atoms with Gasteiger partial charge in [-0.3, -0.25) is 0 Å². The predicted molar refractivity (Wildman–Crippen MR) is 64.1 cm³/mol. The van der Waals surface area contributed by atoms with E-state index in [0.29, 0.717) is 6.61 Å². The van der Waals surface area contributed by atoms with E-state index >= 15 is 0 Å². The van der Waals surface area contributed by atoms with E-state index in [2.05, 4.69) is 22.6 Å². The van der Waals surface area contributed by atoms with Gasteiger partial charge in [-0.2, -0.15) is 0 Å². The standard InChI is InChI=1S/C11H20N2OS/c1-2-11-13-10(9-15-11)8-12-6-4-3-5-7-14/h9,12,14H,2-8H2,1H3. The van der Waals surface area contributed by atoms with E-state index in [1.165, 1.54) is 5.01 Å². The zero-order valence-corrected chi connectivity index (χ0v) is 10.1. The molecule has 2 N–H and O–H groups in total. The number of aryl methyl sites for hydroxylation is 1. The van der Waals surface area contributed by atoms with Gasteiger partial charge in [0, 0.05) is 18.5 Å². The summed E-state index contributed by atoms with van der Waals surface area (Å²) in [5.74, 6) is 0. The average molecular weight is 228 g/mol. The first-order valence-corrected chi connectivity index (χ1v) is 6.49. The predicted octanol–water partition coefficient (Wildman–Crippen LogP) is 1.96. The molecule has 1 heterocycles.